The summed E-state index contributed by atoms with van der Waals surface area (Å²) < 4.78 is 5.21. The van der Waals surface area contributed by atoms with Crippen molar-refractivity contribution in [3.05, 3.63) is 82.9 Å². The molecular weight excluding hydrogens is 422 g/mol. The van der Waals surface area contributed by atoms with Crippen LogP contribution in [0.2, 0.25) is 0 Å². The van der Waals surface area contributed by atoms with Gasteiger partial charge >= 0.3 is 0 Å². The number of methoxy groups -OCH3 is 1. The summed E-state index contributed by atoms with van der Waals surface area (Å²) in [6, 6.07) is 23.0. The topological polar surface area (TPSA) is 82.4 Å². The first-order chi connectivity index (χ1) is 15.6. The third-order valence-electron chi connectivity index (χ3n) is 5.32. The maximum atomic E-state index is 13.6. The molecule has 0 saturated carbocycles. The molecule has 1 atom stereocenters. The van der Waals surface area contributed by atoms with Crippen molar-refractivity contribution in [2.24, 2.45) is 0 Å². The minimum absolute atomic E-state index is 0.0731. The number of carbonyl (C=O) groups excluding carboxylic acids is 2. The number of benzene rings is 3. The fraction of sp³-hybridized carbons (Fsp3) is 0.160. The molecule has 1 fully saturated rings. The molecule has 1 aliphatic heterocycles. The number of rotatable bonds is 5. The Balaban J connectivity index is 1.81. The molecule has 7 heteroatoms. The molecule has 32 heavy (non-hydrogen) atoms. The number of amides is 2. The third kappa shape index (κ3) is 3.93. The van der Waals surface area contributed by atoms with Gasteiger partial charge in [-0.15, -0.1) is 0 Å². The lowest BCUT2D eigenvalue weighted by atomic mass is 10.1. The highest BCUT2D eigenvalue weighted by atomic mass is 32.2. The predicted octanol–water partition coefficient (Wildman–Crippen LogP) is 4.02. The van der Waals surface area contributed by atoms with Crippen molar-refractivity contribution in [1.29, 1.82) is 5.26 Å². The van der Waals surface area contributed by atoms with Crippen molar-refractivity contribution < 1.29 is 14.3 Å². The number of thioether (sulfide) groups is 1. The molecule has 1 saturated heterocycles. The number of hydrogen-bond acceptors (Lipinski definition) is 5. The Kier molecular flexibility index (Phi) is 6.15. The quantitative estimate of drug-likeness (QED) is 0.476. The van der Waals surface area contributed by atoms with Gasteiger partial charge in [-0.3, -0.25) is 14.5 Å². The fourth-order valence-corrected chi connectivity index (χ4v) is 5.01. The molecule has 0 spiro atoms. The van der Waals surface area contributed by atoms with Gasteiger partial charge in [-0.2, -0.15) is 5.26 Å². The summed E-state index contributed by atoms with van der Waals surface area (Å²) in [5.74, 6) is 0.0652. The van der Waals surface area contributed by atoms with E-state index in [4.69, 9.17) is 4.74 Å². The third-order valence-corrected chi connectivity index (χ3v) is 6.58. The van der Waals surface area contributed by atoms with E-state index in [1.165, 1.54) is 23.7 Å². The van der Waals surface area contributed by atoms with Gasteiger partial charge in [-0.1, -0.05) is 60.3 Å². The molecule has 160 valence electrons. The van der Waals surface area contributed by atoms with E-state index < -0.39 is 11.2 Å². The van der Waals surface area contributed by atoms with Gasteiger partial charge in [0.1, 0.15) is 22.4 Å². The minimum atomic E-state index is -0.516. The van der Waals surface area contributed by atoms with Crippen LogP contribution in [-0.2, 0) is 16.0 Å². The number of likely N-dealkylation sites (N-methyl/N-ethyl adjacent to an activating group) is 1. The number of nitriles is 1. The van der Waals surface area contributed by atoms with Crippen LogP contribution in [0.3, 0.4) is 0 Å². The first kappa shape index (κ1) is 21.5. The number of carbonyl (C=O) groups is 2. The molecular formula is C25H21N3O3S. The van der Waals surface area contributed by atoms with Crippen molar-refractivity contribution in [2.75, 3.05) is 19.1 Å². The standard InChI is InChI=1S/C25H21N3O3S/c1-27-23(29)20(15-26)25-28(21-9-5-7-17-6-3-4-8-19(17)21)24(30)22(32-25)14-16-10-12-18(31-2)13-11-16/h3-13,22H,14H2,1-2H3,(H,27,29). The Morgan fingerprint density at radius 1 is 1.12 bits per heavy atom. The second-order valence-corrected chi connectivity index (χ2v) is 8.39. The number of anilines is 1. The molecule has 0 bridgehead atoms. The molecule has 3 aromatic carbocycles. The van der Waals surface area contributed by atoms with Crippen LogP contribution in [0.15, 0.2) is 77.3 Å². The van der Waals surface area contributed by atoms with Crippen LogP contribution in [0.25, 0.3) is 10.8 Å². The van der Waals surface area contributed by atoms with Gasteiger partial charge in [0.2, 0.25) is 5.91 Å². The summed E-state index contributed by atoms with van der Waals surface area (Å²) in [5, 5.41) is 14.0. The van der Waals surface area contributed by atoms with Crippen LogP contribution in [-0.4, -0.2) is 31.2 Å². The highest BCUT2D eigenvalue weighted by Crippen LogP contribution is 2.44. The number of ether oxygens (including phenoxy) is 1. The summed E-state index contributed by atoms with van der Waals surface area (Å²) in [6.07, 6.45) is 0.463. The molecule has 1 unspecified atom stereocenters. The van der Waals surface area contributed by atoms with E-state index in [1.54, 1.807) is 7.11 Å². The van der Waals surface area contributed by atoms with Gasteiger partial charge in [-0.25, -0.2) is 0 Å². The van der Waals surface area contributed by atoms with Gasteiger partial charge in [0, 0.05) is 12.4 Å². The van der Waals surface area contributed by atoms with Crippen LogP contribution >= 0.6 is 11.8 Å². The maximum absolute atomic E-state index is 13.6. The van der Waals surface area contributed by atoms with Crippen LogP contribution in [0.1, 0.15) is 5.56 Å². The molecule has 4 rings (SSSR count). The fourth-order valence-electron chi connectivity index (χ4n) is 3.71. The van der Waals surface area contributed by atoms with E-state index in [1.807, 2.05) is 72.8 Å². The average Bonchev–Trinajstić information content (AvgIpc) is 3.14. The Bertz CT molecular complexity index is 1260. The van der Waals surface area contributed by atoms with Crippen molar-refractivity contribution in [3.63, 3.8) is 0 Å². The Morgan fingerprint density at radius 3 is 2.53 bits per heavy atom. The van der Waals surface area contributed by atoms with E-state index in [9.17, 15) is 14.9 Å². The van der Waals surface area contributed by atoms with Gasteiger partial charge in [-0.05, 0) is 35.6 Å². The van der Waals surface area contributed by atoms with Crippen LogP contribution in [0.5, 0.6) is 5.75 Å². The summed E-state index contributed by atoms with van der Waals surface area (Å²) in [6.45, 7) is 0. The van der Waals surface area contributed by atoms with Gasteiger partial charge in [0.15, 0.2) is 0 Å². The molecule has 0 aromatic heterocycles. The molecule has 6 nitrogen and oxygen atoms in total. The van der Waals surface area contributed by atoms with Crippen LogP contribution in [0.4, 0.5) is 5.69 Å². The highest BCUT2D eigenvalue weighted by Gasteiger charge is 2.41. The number of nitrogens with zero attached hydrogens (tertiary/aromatic N) is 2. The largest absolute Gasteiger partial charge is 0.497 e. The minimum Gasteiger partial charge on any atom is -0.497 e. The van der Waals surface area contributed by atoms with E-state index in [-0.39, 0.29) is 11.5 Å². The lowest BCUT2D eigenvalue weighted by Gasteiger charge is -2.20. The zero-order valence-electron chi connectivity index (χ0n) is 17.7. The first-order valence-electron chi connectivity index (χ1n) is 10.0. The van der Waals surface area contributed by atoms with Crippen molar-refractivity contribution >= 4 is 40.0 Å². The molecule has 3 aromatic rings. The molecule has 1 N–H and O–H groups in total. The Labute approximate surface area is 190 Å². The van der Waals surface area contributed by atoms with Crippen molar-refractivity contribution in [3.8, 4) is 11.8 Å². The maximum Gasteiger partial charge on any atom is 0.264 e. The normalized spacial score (nSPS) is 17.2. The van der Waals surface area contributed by atoms with E-state index in [0.717, 1.165) is 22.1 Å². The summed E-state index contributed by atoms with van der Waals surface area (Å²) >= 11 is 1.25. The zero-order valence-corrected chi connectivity index (χ0v) is 18.5. The number of nitrogens with one attached hydrogen (secondary N) is 1. The predicted molar refractivity (Wildman–Crippen MR) is 126 cm³/mol. The summed E-state index contributed by atoms with van der Waals surface area (Å²) in [5.41, 5.74) is 1.55. The van der Waals surface area contributed by atoms with E-state index in [0.29, 0.717) is 17.1 Å². The zero-order chi connectivity index (χ0) is 22.7. The van der Waals surface area contributed by atoms with Crippen molar-refractivity contribution in [1.82, 2.24) is 5.32 Å². The molecule has 2 amide bonds. The van der Waals surface area contributed by atoms with Gasteiger partial charge in [0.05, 0.1) is 18.0 Å². The van der Waals surface area contributed by atoms with E-state index >= 15 is 0 Å². The van der Waals surface area contributed by atoms with Crippen LogP contribution < -0.4 is 15.0 Å². The van der Waals surface area contributed by atoms with Crippen LogP contribution in [0, 0.1) is 11.3 Å². The number of hydrogen-bond donors (Lipinski definition) is 1. The summed E-state index contributed by atoms with van der Waals surface area (Å²) in [4.78, 5) is 27.6. The Hall–Kier alpha value is -3.76. The molecule has 1 heterocycles. The second-order valence-electron chi connectivity index (χ2n) is 7.20. The lowest BCUT2D eigenvalue weighted by Crippen LogP contribution is -2.31. The molecule has 0 aliphatic carbocycles. The SMILES string of the molecule is CNC(=O)C(C#N)=C1SC(Cc2ccc(OC)cc2)C(=O)N1c1cccc2ccccc12. The van der Waals surface area contributed by atoms with E-state index in [2.05, 4.69) is 5.32 Å². The average molecular weight is 444 g/mol. The Morgan fingerprint density at radius 2 is 1.84 bits per heavy atom. The molecule has 0 radical (unpaired) electrons. The second kappa shape index (κ2) is 9.16. The highest BCUT2D eigenvalue weighted by molar-refractivity contribution is 8.05. The lowest BCUT2D eigenvalue weighted by molar-refractivity contribution is -0.117. The first-order valence-corrected chi connectivity index (χ1v) is 10.9. The summed E-state index contributed by atoms with van der Waals surface area (Å²) in [7, 11) is 3.07. The van der Waals surface area contributed by atoms with Gasteiger partial charge < -0.3 is 10.1 Å². The van der Waals surface area contributed by atoms with Crippen molar-refractivity contribution in [2.45, 2.75) is 11.7 Å². The monoisotopic (exact) mass is 443 g/mol. The number of fused-ring (bicyclic) bond motifs is 1. The molecule has 1 aliphatic rings. The smallest absolute Gasteiger partial charge is 0.264 e. The van der Waals surface area contributed by atoms with Gasteiger partial charge in [0.25, 0.3) is 5.91 Å².